The largest absolute Gasteiger partial charge is 0.394 e. The third-order valence-electron chi connectivity index (χ3n) is 13.1. The summed E-state index contributed by atoms with van der Waals surface area (Å²) < 4.78 is 23.6. The molecule has 0 saturated carbocycles. The first kappa shape index (κ1) is 41.3. The predicted molar refractivity (Wildman–Crippen MR) is 240 cm³/mol. The van der Waals surface area contributed by atoms with Crippen LogP contribution in [0.15, 0.2) is 103 Å². The molecular formula is C48H51FN6O6Si. The van der Waals surface area contributed by atoms with E-state index in [9.17, 15) is 19.5 Å². The molecule has 14 heteroatoms. The Bertz CT molecular complexity index is 2710. The Morgan fingerprint density at radius 1 is 0.871 bits per heavy atom. The molecule has 9 rings (SSSR count). The van der Waals surface area contributed by atoms with Gasteiger partial charge in [0.05, 0.1) is 50.2 Å². The van der Waals surface area contributed by atoms with Crippen molar-refractivity contribution in [3.8, 4) is 0 Å². The van der Waals surface area contributed by atoms with Crippen molar-refractivity contribution in [1.82, 2.24) is 14.9 Å². The molecule has 12 nitrogen and oxygen atoms in total. The van der Waals surface area contributed by atoms with Crippen LogP contribution in [0.3, 0.4) is 0 Å². The van der Waals surface area contributed by atoms with E-state index < -0.39 is 31.6 Å². The normalized spacial score (nSPS) is 22.2. The van der Waals surface area contributed by atoms with Crippen LogP contribution in [0.1, 0.15) is 48.4 Å². The highest BCUT2D eigenvalue weighted by Gasteiger charge is 2.67. The first-order valence-electron chi connectivity index (χ1n) is 21.4. The van der Waals surface area contributed by atoms with Crippen LogP contribution in [-0.4, -0.2) is 77.3 Å². The second kappa shape index (κ2) is 16.3. The van der Waals surface area contributed by atoms with E-state index in [2.05, 4.69) is 20.6 Å². The van der Waals surface area contributed by atoms with Gasteiger partial charge in [0.15, 0.2) is 5.60 Å². The summed E-state index contributed by atoms with van der Waals surface area (Å²) in [6.07, 6.45) is 4.36. The third kappa shape index (κ3) is 7.49. The zero-order valence-electron chi connectivity index (χ0n) is 35.0. The SMILES string of the molecule is C[C@H]1[C@H]([Si](C)(C)F)[C@@H](CC(=O)N2CCC[C@H]2CO)O[C@]12C(=O)N(Cc1cccc(NC(=O)Cc3c[nH]c4ccccc34)c1)c1ccc(NC(=O)Cc3c[nH]c4ccccc34)cc12. The molecule has 2 saturated heterocycles. The van der Waals surface area contributed by atoms with Gasteiger partial charge in [0.2, 0.25) is 26.1 Å². The summed E-state index contributed by atoms with van der Waals surface area (Å²) in [6, 6.07) is 27.9. The standard InChI is InChI=1S/C48H51FN6O6Si/c1-29-46(62(2,3)49)42(24-45(59)54-19-9-12-35(54)28-56)61-48(29)38-23-34(53-44(58)22-32-26-51-40-16-7-5-14-37(32)40)17-18-41(38)55(47(48)60)27-30-10-8-11-33(20-30)52-43(57)21-31-25-50-39-15-6-4-13-36(31)39/h4-8,10-11,13-18,20,23,25-26,29,35,42,46,50-51,56H,9,12,19,21-22,24,27-28H2,1-3H3,(H,52,57)(H,53,58)/t29-,35-,42+,46-,48+/m0/s1. The van der Waals surface area contributed by atoms with E-state index in [4.69, 9.17) is 4.74 Å². The summed E-state index contributed by atoms with van der Waals surface area (Å²) in [5.74, 6) is -1.74. The minimum absolute atomic E-state index is 0.109. The minimum Gasteiger partial charge on any atom is -0.394 e. The molecule has 3 aliphatic heterocycles. The number of ether oxygens (including phenoxy) is 1. The minimum atomic E-state index is -3.61. The summed E-state index contributed by atoms with van der Waals surface area (Å²) in [7, 11) is -3.61. The number of carbonyl (C=O) groups is 4. The molecule has 3 aliphatic rings. The topological polar surface area (TPSA) is 160 Å². The van der Waals surface area contributed by atoms with Crippen LogP contribution in [0.2, 0.25) is 18.6 Å². The highest BCUT2D eigenvalue weighted by Crippen LogP contribution is 2.60. The lowest BCUT2D eigenvalue weighted by Gasteiger charge is -2.31. The molecule has 0 radical (unpaired) electrons. The van der Waals surface area contributed by atoms with E-state index in [1.165, 1.54) is 0 Å². The lowest BCUT2D eigenvalue weighted by molar-refractivity contribution is -0.150. The van der Waals surface area contributed by atoms with Crippen molar-refractivity contribution in [3.05, 3.63) is 126 Å². The molecule has 1 spiro atoms. The first-order chi connectivity index (χ1) is 29.8. The van der Waals surface area contributed by atoms with Crippen molar-refractivity contribution in [3.63, 3.8) is 0 Å². The van der Waals surface area contributed by atoms with Crippen molar-refractivity contribution >= 4 is 70.9 Å². The van der Waals surface area contributed by atoms with Crippen LogP contribution in [0.5, 0.6) is 0 Å². The zero-order chi connectivity index (χ0) is 43.3. The van der Waals surface area contributed by atoms with Crippen LogP contribution in [-0.2, 0) is 48.9 Å². The zero-order valence-corrected chi connectivity index (χ0v) is 36.0. The van der Waals surface area contributed by atoms with Gasteiger partial charge in [-0.25, -0.2) is 0 Å². The van der Waals surface area contributed by atoms with Gasteiger partial charge in [-0.1, -0.05) is 55.5 Å². The molecular weight excluding hydrogens is 804 g/mol. The summed E-state index contributed by atoms with van der Waals surface area (Å²) in [6.45, 7) is 5.48. The highest BCUT2D eigenvalue weighted by atomic mass is 28.4. The van der Waals surface area contributed by atoms with Crippen molar-refractivity contribution in [1.29, 1.82) is 0 Å². The number of hydrogen-bond acceptors (Lipinski definition) is 6. The fourth-order valence-corrected chi connectivity index (χ4v) is 12.9. The van der Waals surface area contributed by atoms with Gasteiger partial charge in [0.1, 0.15) is 0 Å². The number of anilines is 3. The number of aliphatic hydroxyl groups excluding tert-OH is 1. The van der Waals surface area contributed by atoms with E-state index in [1.807, 2.05) is 86.0 Å². The number of fused-ring (bicyclic) bond motifs is 4. The van der Waals surface area contributed by atoms with Crippen molar-refractivity contribution in [2.24, 2.45) is 5.92 Å². The average Bonchev–Trinajstić information content (AvgIpc) is 4.07. The number of hydrogen-bond donors (Lipinski definition) is 5. The Morgan fingerprint density at radius 2 is 1.50 bits per heavy atom. The monoisotopic (exact) mass is 854 g/mol. The van der Waals surface area contributed by atoms with Gasteiger partial charge < -0.3 is 44.4 Å². The van der Waals surface area contributed by atoms with E-state index in [0.717, 1.165) is 44.9 Å². The molecule has 2 fully saturated rings. The van der Waals surface area contributed by atoms with Crippen LogP contribution in [0, 0.1) is 5.92 Å². The number of para-hydroxylation sites is 2. The van der Waals surface area contributed by atoms with Gasteiger partial charge in [-0.3, -0.25) is 19.2 Å². The molecule has 2 aromatic heterocycles. The number of aromatic amines is 2. The number of nitrogens with zero attached hydrogens (tertiary/aromatic N) is 2. The number of rotatable bonds is 12. The molecule has 5 heterocycles. The molecule has 0 bridgehead atoms. The Balaban J connectivity index is 1.02. The second-order valence-corrected chi connectivity index (χ2v) is 21.3. The molecule has 320 valence electrons. The highest BCUT2D eigenvalue weighted by molar-refractivity contribution is 6.72. The summed E-state index contributed by atoms with van der Waals surface area (Å²) in [5.41, 5.74) is 4.02. The molecule has 0 aliphatic carbocycles. The van der Waals surface area contributed by atoms with Crippen LogP contribution in [0.4, 0.5) is 21.2 Å². The number of aliphatic hydroxyl groups is 1. The van der Waals surface area contributed by atoms with Crippen LogP contribution < -0.4 is 15.5 Å². The summed E-state index contributed by atoms with van der Waals surface area (Å²) in [4.78, 5) is 65.8. The van der Waals surface area contributed by atoms with Gasteiger partial charge in [0.25, 0.3) is 5.91 Å². The third-order valence-corrected chi connectivity index (χ3v) is 15.6. The average molecular weight is 855 g/mol. The number of H-pyrrole nitrogens is 2. The van der Waals surface area contributed by atoms with Gasteiger partial charge in [-0.05, 0) is 85.1 Å². The van der Waals surface area contributed by atoms with E-state index in [1.54, 1.807) is 47.2 Å². The predicted octanol–water partition coefficient (Wildman–Crippen LogP) is 7.71. The summed E-state index contributed by atoms with van der Waals surface area (Å²) in [5, 5.41) is 18.0. The molecule has 6 aromatic rings. The lowest BCUT2D eigenvalue weighted by Crippen LogP contribution is -2.45. The maximum absolute atomic E-state index is 16.7. The van der Waals surface area contributed by atoms with E-state index >= 15 is 8.90 Å². The lowest BCUT2D eigenvalue weighted by atomic mass is 9.82. The van der Waals surface area contributed by atoms with Crippen molar-refractivity contribution < 1.29 is 33.1 Å². The Morgan fingerprint density at radius 3 is 2.13 bits per heavy atom. The fraction of sp³-hybridized carbons (Fsp3) is 0.333. The van der Waals surface area contributed by atoms with Crippen LogP contribution in [0.25, 0.3) is 21.8 Å². The van der Waals surface area contributed by atoms with Crippen molar-refractivity contribution in [2.45, 2.75) is 82.0 Å². The maximum atomic E-state index is 16.7. The molecule has 4 amide bonds. The molecule has 62 heavy (non-hydrogen) atoms. The van der Waals surface area contributed by atoms with E-state index in [0.29, 0.717) is 35.6 Å². The number of benzene rings is 4. The maximum Gasteiger partial charge on any atom is 0.264 e. The first-order valence-corrected chi connectivity index (χ1v) is 24.3. The van der Waals surface area contributed by atoms with E-state index in [-0.39, 0.29) is 62.1 Å². The fourth-order valence-electron chi connectivity index (χ4n) is 10.4. The molecule has 5 N–H and O–H groups in total. The van der Waals surface area contributed by atoms with Crippen molar-refractivity contribution in [2.75, 3.05) is 28.7 Å². The number of amides is 4. The van der Waals surface area contributed by atoms with Gasteiger partial charge in [-0.15, -0.1) is 0 Å². The Kier molecular flexibility index (Phi) is 10.9. The summed E-state index contributed by atoms with van der Waals surface area (Å²) >= 11 is 0. The Hall–Kier alpha value is -6.09. The van der Waals surface area contributed by atoms with Gasteiger partial charge in [-0.2, -0.15) is 0 Å². The van der Waals surface area contributed by atoms with Gasteiger partial charge >= 0.3 is 0 Å². The number of aromatic nitrogens is 2. The van der Waals surface area contributed by atoms with Crippen LogP contribution >= 0.6 is 0 Å². The quantitative estimate of drug-likeness (QED) is 0.0627. The number of halogens is 1. The molecule has 5 atom stereocenters. The number of nitrogens with one attached hydrogen (secondary N) is 4. The Labute approximate surface area is 360 Å². The molecule has 4 aromatic carbocycles. The smallest absolute Gasteiger partial charge is 0.264 e. The second-order valence-electron chi connectivity index (χ2n) is 17.5. The van der Waals surface area contributed by atoms with Gasteiger partial charge in [0, 0.05) is 69.1 Å². The number of likely N-dealkylation sites (tertiary alicyclic amines) is 1. The molecule has 0 unspecified atom stereocenters. The number of carbonyl (C=O) groups excluding carboxylic acids is 4.